The highest BCUT2D eigenvalue weighted by atomic mass is 35.5. The van der Waals surface area contributed by atoms with Crippen molar-refractivity contribution in [2.45, 2.75) is 6.92 Å². The van der Waals surface area contributed by atoms with Gasteiger partial charge in [-0.15, -0.1) is 0 Å². The zero-order valence-electron chi connectivity index (χ0n) is 13.6. The molecule has 0 aliphatic rings. The molecule has 0 fully saturated rings. The molecule has 0 unspecified atom stereocenters. The Labute approximate surface area is 150 Å². The molecule has 0 atom stereocenters. The number of amides is 3. The molecule has 2 aromatic carbocycles. The second kappa shape index (κ2) is 8.84. The van der Waals surface area contributed by atoms with Crippen LogP contribution < -0.4 is 16.0 Å². The van der Waals surface area contributed by atoms with Crippen LogP contribution in [0.2, 0.25) is 5.02 Å². The van der Waals surface area contributed by atoms with Gasteiger partial charge in [0.2, 0.25) is 5.91 Å². The van der Waals surface area contributed by atoms with E-state index in [1.54, 1.807) is 48.5 Å². The molecule has 3 N–H and O–H groups in total. The molecule has 0 spiro atoms. The lowest BCUT2D eigenvalue weighted by molar-refractivity contribution is -0.114. The third-order valence-corrected chi connectivity index (χ3v) is 3.46. The van der Waals surface area contributed by atoms with Gasteiger partial charge in [-0.05, 0) is 36.4 Å². The van der Waals surface area contributed by atoms with E-state index in [2.05, 4.69) is 16.0 Å². The van der Waals surface area contributed by atoms with Crippen LogP contribution in [0.25, 0.3) is 0 Å². The molecule has 0 radical (unpaired) electrons. The Morgan fingerprint density at radius 2 is 1.44 bits per heavy atom. The molecule has 25 heavy (non-hydrogen) atoms. The van der Waals surface area contributed by atoms with Gasteiger partial charge in [0.05, 0.1) is 0 Å². The Morgan fingerprint density at radius 1 is 0.880 bits per heavy atom. The monoisotopic (exact) mass is 359 g/mol. The lowest BCUT2D eigenvalue weighted by Crippen LogP contribution is -2.34. The summed E-state index contributed by atoms with van der Waals surface area (Å²) in [7, 11) is 0. The SMILES string of the molecule is CC(=O)Nc1cccc(C(=O)NCCNC(=O)c2cccc(Cl)c2)c1. The fraction of sp³-hybridized carbons (Fsp3) is 0.167. The summed E-state index contributed by atoms with van der Waals surface area (Å²) in [6, 6.07) is 13.2. The van der Waals surface area contributed by atoms with Crippen molar-refractivity contribution in [3.8, 4) is 0 Å². The minimum Gasteiger partial charge on any atom is -0.350 e. The normalized spacial score (nSPS) is 10.0. The van der Waals surface area contributed by atoms with Crippen molar-refractivity contribution in [2.75, 3.05) is 18.4 Å². The van der Waals surface area contributed by atoms with E-state index in [4.69, 9.17) is 11.6 Å². The first kappa shape index (κ1) is 18.5. The number of hydrogen-bond donors (Lipinski definition) is 3. The van der Waals surface area contributed by atoms with Gasteiger partial charge in [0, 0.05) is 41.9 Å². The van der Waals surface area contributed by atoms with Crippen LogP contribution in [0.3, 0.4) is 0 Å². The number of rotatable bonds is 6. The van der Waals surface area contributed by atoms with Gasteiger partial charge in [0.1, 0.15) is 0 Å². The summed E-state index contributed by atoms with van der Waals surface area (Å²) in [6.07, 6.45) is 0. The number of benzene rings is 2. The van der Waals surface area contributed by atoms with Crippen molar-refractivity contribution >= 4 is 35.0 Å². The highest BCUT2D eigenvalue weighted by Gasteiger charge is 2.08. The van der Waals surface area contributed by atoms with Gasteiger partial charge in [-0.3, -0.25) is 14.4 Å². The molecule has 7 heteroatoms. The highest BCUT2D eigenvalue weighted by molar-refractivity contribution is 6.30. The van der Waals surface area contributed by atoms with Crippen LogP contribution in [0.4, 0.5) is 5.69 Å². The van der Waals surface area contributed by atoms with Gasteiger partial charge in [0.25, 0.3) is 11.8 Å². The molecule has 2 rings (SSSR count). The van der Waals surface area contributed by atoms with Crippen LogP contribution in [-0.2, 0) is 4.79 Å². The predicted molar refractivity (Wildman–Crippen MR) is 96.9 cm³/mol. The fourth-order valence-electron chi connectivity index (χ4n) is 2.13. The van der Waals surface area contributed by atoms with Gasteiger partial charge >= 0.3 is 0 Å². The Kier molecular flexibility index (Phi) is 6.54. The minimum atomic E-state index is -0.288. The molecule has 0 aliphatic heterocycles. The Balaban J connectivity index is 1.80. The van der Waals surface area contributed by atoms with Crippen LogP contribution in [0.15, 0.2) is 48.5 Å². The summed E-state index contributed by atoms with van der Waals surface area (Å²) in [6.45, 7) is 1.95. The predicted octanol–water partition coefficient (Wildman–Crippen LogP) is 2.46. The molecule has 0 heterocycles. The number of hydrogen-bond acceptors (Lipinski definition) is 3. The maximum Gasteiger partial charge on any atom is 0.251 e. The van der Waals surface area contributed by atoms with Crippen molar-refractivity contribution < 1.29 is 14.4 Å². The summed E-state index contributed by atoms with van der Waals surface area (Å²) in [4.78, 5) is 35.1. The van der Waals surface area contributed by atoms with Crippen molar-refractivity contribution in [3.63, 3.8) is 0 Å². The van der Waals surface area contributed by atoms with E-state index >= 15 is 0 Å². The van der Waals surface area contributed by atoms with E-state index < -0.39 is 0 Å². The van der Waals surface area contributed by atoms with Gasteiger partial charge in [-0.1, -0.05) is 23.7 Å². The number of carbonyl (C=O) groups is 3. The standard InChI is InChI=1S/C18H18ClN3O3/c1-12(23)22-16-7-3-5-14(11-16)18(25)21-9-8-20-17(24)13-4-2-6-15(19)10-13/h2-7,10-11H,8-9H2,1H3,(H,20,24)(H,21,25)(H,22,23). The van der Waals surface area contributed by atoms with Crippen molar-refractivity contribution in [1.82, 2.24) is 10.6 Å². The number of carbonyl (C=O) groups excluding carboxylic acids is 3. The van der Waals surface area contributed by atoms with Crippen LogP contribution >= 0.6 is 11.6 Å². The second-order valence-corrected chi connectivity index (χ2v) is 5.72. The van der Waals surface area contributed by atoms with E-state index in [-0.39, 0.29) is 30.8 Å². The van der Waals surface area contributed by atoms with Crippen LogP contribution in [0.5, 0.6) is 0 Å². The first-order valence-electron chi connectivity index (χ1n) is 7.65. The first-order chi connectivity index (χ1) is 12.0. The average molecular weight is 360 g/mol. The summed E-state index contributed by atoms with van der Waals surface area (Å²) in [5.41, 5.74) is 1.43. The van der Waals surface area contributed by atoms with Crippen LogP contribution in [0.1, 0.15) is 27.6 Å². The maximum atomic E-state index is 12.1. The lowest BCUT2D eigenvalue weighted by atomic mass is 10.2. The van der Waals surface area contributed by atoms with E-state index in [1.165, 1.54) is 6.92 Å². The van der Waals surface area contributed by atoms with Crippen LogP contribution in [0, 0.1) is 0 Å². The second-order valence-electron chi connectivity index (χ2n) is 5.28. The fourth-order valence-corrected chi connectivity index (χ4v) is 2.32. The Morgan fingerprint density at radius 3 is 2.00 bits per heavy atom. The van der Waals surface area contributed by atoms with Crippen molar-refractivity contribution in [2.24, 2.45) is 0 Å². The molecule has 2 aromatic rings. The van der Waals surface area contributed by atoms with E-state index in [9.17, 15) is 14.4 Å². The smallest absolute Gasteiger partial charge is 0.251 e. The summed E-state index contributed by atoms with van der Waals surface area (Å²) in [5.74, 6) is -0.755. The van der Waals surface area contributed by atoms with Gasteiger partial charge in [-0.2, -0.15) is 0 Å². The van der Waals surface area contributed by atoms with Gasteiger partial charge < -0.3 is 16.0 Å². The first-order valence-corrected chi connectivity index (χ1v) is 8.03. The maximum absolute atomic E-state index is 12.1. The summed E-state index contributed by atoms with van der Waals surface area (Å²) in [5, 5.41) is 8.51. The van der Waals surface area contributed by atoms with E-state index in [0.29, 0.717) is 21.8 Å². The molecule has 6 nitrogen and oxygen atoms in total. The lowest BCUT2D eigenvalue weighted by Gasteiger charge is -2.09. The van der Waals surface area contributed by atoms with Gasteiger partial charge in [-0.25, -0.2) is 0 Å². The third kappa shape index (κ3) is 5.93. The largest absolute Gasteiger partial charge is 0.350 e. The molecule has 130 valence electrons. The number of anilines is 1. The van der Waals surface area contributed by atoms with E-state index in [1.807, 2.05) is 0 Å². The van der Waals surface area contributed by atoms with Gasteiger partial charge in [0.15, 0.2) is 0 Å². The van der Waals surface area contributed by atoms with Crippen LogP contribution in [-0.4, -0.2) is 30.8 Å². The molecule has 0 aliphatic carbocycles. The molecule has 3 amide bonds. The molecule has 0 aromatic heterocycles. The average Bonchev–Trinajstić information content (AvgIpc) is 2.58. The summed E-state index contributed by atoms with van der Waals surface area (Å²) >= 11 is 5.84. The molecule has 0 bridgehead atoms. The van der Waals surface area contributed by atoms with Crippen molar-refractivity contribution in [1.29, 1.82) is 0 Å². The Bertz CT molecular complexity index is 793. The number of halogens is 1. The molecular weight excluding hydrogens is 342 g/mol. The highest BCUT2D eigenvalue weighted by Crippen LogP contribution is 2.11. The quantitative estimate of drug-likeness (QED) is 0.692. The van der Waals surface area contributed by atoms with E-state index in [0.717, 1.165) is 0 Å². The third-order valence-electron chi connectivity index (χ3n) is 3.23. The zero-order valence-corrected chi connectivity index (χ0v) is 14.4. The molecule has 0 saturated carbocycles. The topological polar surface area (TPSA) is 87.3 Å². The molecule has 0 saturated heterocycles. The minimum absolute atomic E-state index is 0.207. The molecular formula is C18H18ClN3O3. The zero-order chi connectivity index (χ0) is 18.2. The van der Waals surface area contributed by atoms with Crippen molar-refractivity contribution in [3.05, 3.63) is 64.7 Å². The number of nitrogens with one attached hydrogen (secondary N) is 3. The summed E-state index contributed by atoms with van der Waals surface area (Å²) < 4.78 is 0. The Hall–Kier alpha value is -2.86.